The summed E-state index contributed by atoms with van der Waals surface area (Å²) in [4.78, 5) is 2.29. The molecule has 1 unspecified atom stereocenters. The zero-order valence-electron chi connectivity index (χ0n) is 22.4. The first-order chi connectivity index (χ1) is 19.2. The van der Waals surface area contributed by atoms with Crippen LogP contribution in [0.1, 0.15) is 30.1 Å². The second-order valence-corrected chi connectivity index (χ2v) is 13.3. The number of aromatic nitrogens is 3. The van der Waals surface area contributed by atoms with E-state index in [2.05, 4.69) is 21.7 Å². The fourth-order valence-electron chi connectivity index (χ4n) is 6.12. The van der Waals surface area contributed by atoms with E-state index in [1.54, 1.807) is 12.1 Å². The highest BCUT2D eigenvalue weighted by molar-refractivity contribution is 7.88. The van der Waals surface area contributed by atoms with Gasteiger partial charge in [-0.15, -0.1) is 0 Å². The Morgan fingerprint density at radius 1 is 1.07 bits per heavy atom. The number of aliphatic hydroxyl groups is 1. The Balaban J connectivity index is 1.15. The third-order valence-corrected chi connectivity index (χ3v) is 9.66. The molecule has 2 aromatic carbocycles. The van der Waals surface area contributed by atoms with Crippen LogP contribution in [-0.2, 0) is 29.5 Å². The first kappa shape index (κ1) is 27.4. The van der Waals surface area contributed by atoms with Crippen molar-refractivity contribution in [3.63, 3.8) is 0 Å². The minimum Gasteiger partial charge on any atom is -0.390 e. The molecule has 6 rings (SSSR count). The molecule has 0 spiro atoms. The molecule has 1 N–H and O–H groups in total. The third kappa shape index (κ3) is 5.56. The maximum absolute atomic E-state index is 13.6. The normalized spacial score (nSPS) is 18.3. The maximum atomic E-state index is 13.6. The molecule has 1 atom stereocenters. The van der Waals surface area contributed by atoms with Gasteiger partial charge in [-0.2, -0.15) is 9.40 Å². The molecule has 0 bridgehead atoms. The first-order valence-corrected chi connectivity index (χ1v) is 15.8. The lowest BCUT2D eigenvalue weighted by Crippen LogP contribution is -2.41. The summed E-state index contributed by atoms with van der Waals surface area (Å²) < 4.78 is 43.7. The number of halogens is 2. The highest BCUT2D eigenvalue weighted by Gasteiger charge is 2.31. The van der Waals surface area contributed by atoms with Crippen LogP contribution < -0.4 is 0 Å². The minimum absolute atomic E-state index is 0.212. The van der Waals surface area contributed by atoms with Gasteiger partial charge in [-0.05, 0) is 60.7 Å². The molecule has 8 nitrogen and oxygen atoms in total. The van der Waals surface area contributed by atoms with Gasteiger partial charge in [0, 0.05) is 78.7 Å². The van der Waals surface area contributed by atoms with Crippen LogP contribution in [0.4, 0.5) is 4.39 Å². The number of nitrogens with zero attached hydrogens (tertiary/aromatic N) is 5. The summed E-state index contributed by atoms with van der Waals surface area (Å²) in [5, 5.41) is 17.8. The van der Waals surface area contributed by atoms with E-state index in [4.69, 9.17) is 16.7 Å². The zero-order valence-corrected chi connectivity index (χ0v) is 24.0. The van der Waals surface area contributed by atoms with E-state index < -0.39 is 16.1 Å². The molecule has 0 amide bonds. The van der Waals surface area contributed by atoms with Gasteiger partial charge in [0.15, 0.2) is 0 Å². The number of piperidine rings is 1. The van der Waals surface area contributed by atoms with Crippen molar-refractivity contribution in [3.8, 4) is 11.3 Å². The van der Waals surface area contributed by atoms with Crippen LogP contribution in [0.5, 0.6) is 0 Å². The van der Waals surface area contributed by atoms with Crippen molar-refractivity contribution in [2.75, 3.05) is 32.4 Å². The molecule has 212 valence electrons. The van der Waals surface area contributed by atoms with Crippen molar-refractivity contribution in [1.29, 1.82) is 0 Å². The highest BCUT2D eigenvalue weighted by Crippen LogP contribution is 2.32. The Hall–Kier alpha value is -2.76. The molecule has 2 aliphatic rings. The van der Waals surface area contributed by atoms with E-state index in [0.717, 1.165) is 53.3 Å². The molecule has 4 heterocycles. The summed E-state index contributed by atoms with van der Waals surface area (Å²) in [5.41, 5.74) is 4.25. The lowest BCUT2D eigenvalue weighted by atomic mass is 10.0. The molecular formula is C29H33ClFN5O3S. The summed E-state index contributed by atoms with van der Waals surface area (Å²) in [6.07, 6.45) is 5.18. The average molecular weight is 586 g/mol. The third-order valence-electron chi connectivity index (χ3n) is 8.17. The molecule has 11 heteroatoms. The predicted molar refractivity (Wildman–Crippen MR) is 154 cm³/mol. The Morgan fingerprint density at radius 3 is 2.55 bits per heavy atom. The number of β-amino-alcohol motifs (C(OH)–C–C–N with tert-alkyl or cyclic N) is 1. The summed E-state index contributed by atoms with van der Waals surface area (Å²) in [6, 6.07) is 14.6. The molecule has 2 aliphatic heterocycles. The number of likely N-dealkylation sites (tertiary alicyclic amines) is 1. The van der Waals surface area contributed by atoms with Crippen LogP contribution in [-0.4, -0.2) is 75.6 Å². The Bertz CT molecular complexity index is 1630. The standard InChI is InChI=1S/C29H33ClFN5O3S/c1-40(38,39)34-14-11-27-26(19-34)29(21-3-6-23(31)7-4-21)32-36(27)18-25(37)17-33-12-9-24(10-13-33)35-15-8-20-2-5-22(30)16-28(20)35/h2-8,15-16,24-25,37H,9-14,17-19H2,1H3. The van der Waals surface area contributed by atoms with Crippen LogP contribution in [0.3, 0.4) is 0 Å². The van der Waals surface area contributed by atoms with E-state index in [1.165, 1.54) is 28.1 Å². The van der Waals surface area contributed by atoms with E-state index >= 15 is 0 Å². The maximum Gasteiger partial charge on any atom is 0.211 e. The molecule has 4 aromatic rings. The minimum atomic E-state index is -3.37. The van der Waals surface area contributed by atoms with Gasteiger partial charge in [-0.1, -0.05) is 17.7 Å². The van der Waals surface area contributed by atoms with Crippen molar-refractivity contribution >= 4 is 32.5 Å². The summed E-state index contributed by atoms with van der Waals surface area (Å²) in [5.74, 6) is -0.345. The van der Waals surface area contributed by atoms with Crippen molar-refractivity contribution in [2.45, 2.75) is 44.5 Å². The van der Waals surface area contributed by atoms with Gasteiger partial charge in [0.1, 0.15) is 5.82 Å². The number of aliphatic hydroxyl groups excluding tert-OH is 1. The summed E-state index contributed by atoms with van der Waals surface area (Å²) in [6.45, 7) is 3.17. The second kappa shape index (κ2) is 10.9. The molecule has 40 heavy (non-hydrogen) atoms. The van der Waals surface area contributed by atoms with Crippen LogP contribution >= 0.6 is 11.6 Å². The van der Waals surface area contributed by atoms with Crippen molar-refractivity contribution < 1.29 is 17.9 Å². The fraction of sp³-hybridized carbons (Fsp3) is 0.414. The predicted octanol–water partition coefficient (Wildman–Crippen LogP) is 4.31. The molecule has 0 saturated carbocycles. The van der Waals surface area contributed by atoms with Gasteiger partial charge in [-0.25, -0.2) is 12.8 Å². The first-order valence-electron chi connectivity index (χ1n) is 13.6. The van der Waals surface area contributed by atoms with Gasteiger partial charge in [0.25, 0.3) is 0 Å². The Labute approximate surface area is 238 Å². The molecule has 1 fully saturated rings. The van der Waals surface area contributed by atoms with Crippen LogP contribution in [0.15, 0.2) is 54.7 Å². The Kier molecular flexibility index (Phi) is 7.47. The van der Waals surface area contributed by atoms with E-state index in [1.807, 2.05) is 22.9 Å². The largest absolute Gasteiger partial charge is 0.390 e. The van der Waals surface area contributed by atoms with Gasteiger partial charge in [-0.3, -0.25) is 4.68 Å². The van der Waals surface area contributed by atoms with Gasteiger partial charge < -0.3 is 14.6 Å². The van der Waals surface area contributed by atoms with Crippen LogP contribution in [0.25, 0.3) is 22.2 Å². The highest BCUT2D eigenvalue weighted by atomic mass is 35.5. The van der Waals surface area contributed by atoms with Gasteiger partial charge in [0.2, 0.25) is 10.0 Å². The molecule has 0 radical (unpaired) electrons. The lowest BCUT2D eigenvalue weighted by molar-refractivity contribution is 0.0766. The topological polar surface area (TPSA) is 83.6 Å². The zero-order chi connectivity index (χ0) is 28.0. The average Bonchev–Trinajstić information content (AvgIpc) is 3.50. The lowest BCUT2D eigenvalue weighted by Gasteiger charge is -2.34. The monoisotopic (exact) mass is 585 g/mol. The Morgan fingerprint density at radius 2 is 1.82 bits per heavy atom. The number of benzene rings is 2. The van der Waals surface area contributed by atoms with Crippen LogP contribution in [0.2, 0.25) is 5.02 Å². The smallest absolute Gasteiger partial charge is 0.211 e. The van der Waals surface area contributed by atoms with Crippen molar-refractivity contribution in [2.24, 2.45) is 0 Å². The van der Waals surface area contributed by atoms with Gasteiger partial charge in [0.05, 0.1) is 24.6 Å². The van der Waals surface area contributed by atoms with Crippen LogP contribution in [0, 0.1) is 5.82 Å². The number of rotatable bonds is 7. The SMILES string of the molecule is CS(=O)(=O)N1CCc2c(c(-c3ccc(F)cc3)nn2CC(O)CN2CCC(n3ccc4ccc(Cl)cc43)CC2)C1. The number of hydrogen-bond acceptors (Lipinski definition) is 5. The molecule has 1 saturated heterocycles. The number of fused-ring (bicyclic) bond motifs is 2. The molecule has 2 aromatic heterocycles. The fourth-order valence-corrected chi connectivity index (χ4v) is 7.07. The molecule has 0 aliphatic carbocycles. The molecular weight excluding hydrogens is 553 g/mol. The van der Waals surface area contributed by atoms with E-state index in [0.29, 0.717) is 37.8 Å². The summed E-state index contributed by atoms with van der Waals surface area (Å²) >= 11 is 6.25. The van der Waals surface area contributed by atoms with Crippen molar-refractivity contribution in [3.05, 3.63) is 76.8 Å². The van der Waals surface area contributed by atoms with Crippen molar-refractivity contribution in [1.82, 2.24) is 23.6 Å². The van der Waals surface area contributed by atoms with E-state index in [-0.39, 0.29) is 12.4 Å². The van der Waals surface area contributed by atoms with E-state index in [9.17, 15) is 17.9 Å². The second-order valence-electron chi connectivity index (χ2n) is 10.9. The van der Waals surface area contributed by atoms with Gasteiger partial charge >= 0.3 is 0 Å². The summed E-state index contributed by atoms with van der Waals surface area (Å²) in [7, 11) is -3.37. The number of hydrogen-bond donors (Lipinski definition) is 1. The number of sulfonamides is 1. The quantitative estimate of drug-likeness (QED) is 0.349.